The first kappa shape index (κ1) is 10.3. The van der Waals surface area contributed by atoms with Gasteiger partial charge in [0.05, 0.1) is 4.88 Å². The minimum atomic E-state index is 0.0381. The van der Waals surface area contributed by atoms with Gasteiger partial charge >= 0.3 is 0 Å². The number of nitrogens with one attached hydrogen (secondary N) is 1. The lowest BCUT2D eigenvalue weighted by Gasteiger charge is -2.16. The molecule has 1 amide bonds. The van der Waals surface area contributed by atoms with Gasteiger partial charge in [-0.25, -0.2) is 0 Å². The van der Waals surface area contributed by atoms with Gasteiger partial charge in [0, 0.05) is 6.04 Å². The van der Waals surface area contributed by atoms with E-state index in [0.29, 0.717) is 5.92 Å². The van der Waals surface area contributed by atoms with Crippen molar-refractivity contribution in [2.45, 2.75) is 26.8 Å². The molecule has 13 heavy (non-hydrogen) atoms. The summed E-state index contributed by atoms with van der Waals surface area (Å²) in [6.45, 7) is 6.22. The van der Waals surface area contributed by atoms with E-state index in [1.165, 1.54) is 11.3 Å². The van der Waals surface area contributed by atoms with Crippen LogP contribution in [0.25, 0.3) is 0 Å². The van der Waals surface area contributed by atoms with E-state index in [0.717, 1.165) is 4.88 Å². The molecule has 0 saturated heterocycles. The van der Waals surface area contributed by atoms with E-state index in [1.54, 1.807) is 0 Å². The Morgan fingerprint density at radius 3 is 2.62 bits per heavy atom. The van der Waals surface area contributed by atoms with Crippen molar-refractivity contribution in [1.82, 2.24) is 5.32 Å². The van der Waals surface area contributed by atoms with Crippen LogP contribution < -0.4 is 5.32 Å². The Labute approximate surface area is 83.0 Å². The Bertz CT molecular complexity index is 266. The summed E-state index contributed by atoms with van der Waals surface area (Å²) < 4.78 is 0. The molecule has 1 N–H and O–H groups in total. The summed E-state index contributed by atoms with van der Waals surface area (Å²) in [5.41, 5.74) is 0. The van der Waals surface area contributed by atoms with Crippen LogP contribution in [0, 0.1) is 5.92 Å². The van der Waals surface area contributed by atoms with Gasteiger partial charge in [0.25, 0.3) is 5.91 Å². The largest absolute Gasteiger partial charge is 0.349 e. The molecule has 1 atom stereocenters. The molecule has 0 saturated carbocycles. The zero-order valence-electron chi connectivity index (χ0n) is 8.20. The first-order valence-electron chi connectivity index (χ1n) is 4.45. The molecule has 0 aromatic carbocycles. The summed E-state index contributed by atoms with van der Waals surface area (Å²) in [5, 5.41) is 4.86. The predicted molar refractivity (Wildman–Crippen MR) is 56.1 cm³/mol. The number of carbonyl (C=O) groups excluding carboxylic acids is 1. The van der Waals surface area contributed by atoms with Crippen LogP contribution >= 0.6 is 11.3 Å². The maximum atomic E-state index is 11.5. The van der Waals surface area contributed by atoms with Gasteiger partial charge in [-0.15, -0.1) is 11.3 Å². The smallest absolute Gasteiger partial charge is 0.261 e. The number of hydrogen-bond donors (Lipinski definition) is 1. The fourth-order valence-corrected chi connectivity index (χ4v) is 1.48. The highest BCUT2D eigenvalue weighted by atomic mass is 32.1. The maximum absolute atomic E-state index is 11.5. The lowest BCUT2D eigenvalue weighted by atomic mass is 10.1. The van der Waals surface area contributed by atoms with Gasteiger partial charge < -0.3 is 5.32 Å². The van der Waals surface area contributed by atoms with Crippen molar-refractivity contribution in [2.24, 2.45) is 5.92 Å². The quantitative estimate of drug-likeness (QED) is 0.792. The van der Waals surface area contributed by atoms with Crippen LogP contribution in [0.5, 0.6) is 0 Å². The number of rotatable bonds is 3. The third-order valence-corrected chi connectivity index (χ3v) is 2.97. The van der Waals surface area contributed by atoms with E-state index in [4.69, 9.17) is 0 Å². The molecule has 3 heteroatoms. The van der Waals surface area contributed by atoms with Gasteiger partial charge in [-0.2, -0.15) is 0 Å². The summed E-state index contributed by atoms with van der Waals surface area (Å²) in [6.07, 6.45) is 0. The van der Waals surface area contributed by atoms with Crippen LogP contribution in [0.1, 0.15) is 30.4 Å². The summed E-state index contributed by atoms with van der Waals surface area (Å²) >= 11 is 1.47. The fourth-order valence-electron chi connectivity index (χ4n) is 0.852. The van der Waals surface area contributed by atoms with Gasteiger partial charge in [-0.3, -0.25) is 4.79 Å². The molecule has 1 aromatic heterocycles. The predicted octanol–water partition coefficient (Wildman–Crippen LogP) is 2.52. The van der Waals surface area contributed by atoms with Crippen LogP contribution in [0.2, 0.25) is 0 Å². The molecule has 2 nitrogen and oxygen atoms in total. The molecule has 0 radical (unpaired) electrons. The van der Waals surface area contributed by atoms with Crippen molar-refractivity contribution in [3.63, 3.8) is 0 Å². The molecular formula is C10H15NOS. The van der Waals surface area contributed by atoms with Gasteiger partial charge in [0.15, 0.2) is 0 Å². The number of carbonyl (C=O) groups is 1. The Balaban J connectivity index is 2.52. The molecular weight excluding hydrogens is 182 g/mol. The Hall–Kier alpha value is -0.830. The van der Waals surface area contributed by atoms with Crippen molar-refractivity contribution < 1.29 is 4.79 Å². The van der Waals surface area contributed by atoms with E-state index in [9.17, 15) is 4.79 Å². The highest BCUT2D eigenvalue weighted by Gasteiger charge is 2.12. The van der Waals surface area contributed by atoms with Gasteiger partial charge in [-0.05, 0) is 24.3 Å². The SMILES string of the molecule is CC(C)[C@H](C)NC(=O)c1cccs1. The van der Waals surface area contributed by atoms with Crippen molar-refractivity contribution in [2.75, 3.05) is 0 Å². The summed E-state index contributed by atoms with van der Waals surface area (Å²) in [6, 6.07) is 3.96. The van der Waals surface area contributed by atoms with Gasteiger partial charge in [0.2, 0.25) is 0 Å². The summed E-state index contributed by atoms with van der Waals surface area (Å²) in [7, 11) is 0. The molecule has 0 fully saturated rings. The molecule has 0 spiro atoms. The van der Waals surface area contributed by atoms with Crippen LogP contribution in [0.3, 0.4) is 0 Å². The second-order valence-electron chi connectivity index (χ2n) is 3.48. The maximum Gasteiger partial charge on any atom is 0.261 e. The molecule has 0 aliphatic rings. The molecule has 0 unspecified atom stereocenters. The Morgan fingerprint density at radius 1 is 1.46 bits per heavy atom. The molecule has 0 aliphatic heterocycles. The molecule has 72 valence electrons. The highest BCUT2D eigenvalue weighted by molar-refractivity contribution is 7.12. The van der Waals surface area contributed by atoms with E-state index < -0.39 is 0 Å². The lowest BCUT2D eigenvalue weighted by molar-refractivity contribution is 0.0934. The van der Waals surface area contributed by atoms with Crippen LogP contribution in [0.4, 0.5) is 0 Å². The van der Waals surface area contributed by atoms with E-state index in [-0.39, 0.29) is 11.9 Å². The summed E-state index contributed by atoms with van der Waals surface area (Å²) in [5.74, 6) is 0.514. The van der Waals surface area contributed by atoms with E-state index in [2.05, 4.69) is 19.2 Å². The number of hydrogen-bond acceptors (Lipinski definition) is 2. The second kappa shape index (κ2) is 4.42. The van der Waals surface area contributed by atoms with Crippen molar-refractivity contribution in [3.05, 3.63) is 22.4 Å². The van der Waals surface area contributed by atoms with Gasteiger partial charge in [0.1, 0.15) is 0 Å². The van der Waals surface area contributed by atoms with E-state index >= 15 is 0 Å². The minimum absolute atomic E-state index is 0.0381. The number of thiophene rings is 1. The van der Waals surface area contributed by atoms with Crippen LogP contribution in [-0.2, 0) is 0 Å². The zero-order valence-corrected chi connectivity index (χ0v) is 9.02. The normalized spacial score (nSPS) is 12.9. The summed E-state index contributed by atoms with van der Waals surface area (Å²) in [4.78, 5) is 12.3. The van der Waals surface area contributed by atoms with Crippen LogP contribution in [0.15, 0.2) is 17.5 Å². The molecule has 0 bridgehead atoms. The zero-order chi connectivity index (χ0) is 9.84. The molecule has 1 aromatic rings. The third kappa shape index (κ3) is 2.84. The second-order valence-corrected chi connectivity index (χ2v) is 4.43. The first-order valence-corrected chi connectivity index (χ1v) is 5.33. The lowest BCUT2D eigenvalue weighted by Crippen LogP contribution is -2.35. The highest BCUT2D eigenvalue weighted by Crippen LogP contribution is 2.09. The third-order valence-electron chi connectivity index (χ3n) is 2.10. The van der Waals surface area contributed by atoms with Crippen molar-refractivity contribution in [3.8, 4) is 0 Å². The van der Waals surface area contributed by atoms with Crippen LogP contribution in [-0.4, -0.2) is 11.9 Å². The molecule has 0 aliphatic carbocycles. The Morgan fingerprint density at radius 2 is 2.15 bits per heavy atom. The fraction of sp³-hybridized carbons (Fsp3) is 0.500. The molecule has 1 rings (SSSR count). The first-order chi connectivity index (χ1) is 6.11. The number of amides is 1. The minimum Gasteiger partial charge on any atom is -0.349 e. The van der Waals surface area contributed by atoms with Gasteiger partial charge in [-0.1, -0.05) is 19.9 Å². The molecule has 1 heterocycles. The van der Waals surface area contributed by atoms with Crippen molar-refractivity contribution >= 4 is 17.2 Å². The standard InChI is InChI=1S/C10H15NOS/c1-7(2)8(3)11-10(12)9-5-4-6-13-9/h4-8H,1-3H3,(H,11,12)/t8-/m0/s1. The Kier molecular flexibility index (Phi) is 3.48. The topological polar surface area (TPSA) is 29.1 Å². The average Bonchev–Trinajstić information content (AvgIpc) is 2.55. The average molecular weight is 197 g/mol. The van der Waals surface area contributed by atoms with Crippen molar-refractivity contribution in [1.29, 1.82) is 0 Å². The van der Waals surface area contributed by atoms with E-state index in [1.807, 2.05) is 24.4 Å². The monoisotopic (exact) mass is 197 g/mol.